The molecule has 0 fully saturated rings. The van der Waals surface area contributed by atoms with E-state index in [-0.39, 0.29) is 5.91 Å². The molecule has 1 atom stereocenters. The van der Waals surface area contributed by atoms with Crippen molar-refractivity contribution >= 4 is 22.4 Å². The summed E-state index contributed by atoms with van der Waals surface area (Å²) in [5.41, 5.74) is 1.01. The Morgan fingerprint density at radius 1 is 1.07 bits per heavy atom. The Kier molecular flexibility index (Phi) is 6.44. The first kappa shape index (κ1) is 19.6. The quantitative estimate of drug-likeness (QED) is 0.624. The highest BCUT2D eigenvalue weighted by Gasteiger charge is 2.17. The Morgan fingerprint density at radius 2 is 1.82 bits per heavy atom. The number of amides is 1. The summed E-state index contributed by atoms with van der Waals surface area (Å²) < 4.78 is 16.2. The third kappa shape index (κ3) is 4.98. The highest BCUT2D eigenvalue weighted by atomic mass is 32.1. The summed E-state index contributed by atoms with van der Waals surface area (Å²) in [6.45, 7) is 1.69. The van der Waals surface area contributed by atoms with E-state index >= 15 is 0 Å². The number of hydrogen-bond acceptors (Lipinski definition) is 7. The van der Waals surface area contributed by atoms with Gasteiger partial charge in [0.2, 0.25) is 5.13 Å². The number of methoxy groups -OCH3 is 2. The minimum Gasteiger partial charge on any atom is -0.493 e. The predicted molar refractivity (Wildman–Crippen MR) is 107 cm³/mol. The fourth-order valence-corrected chi connectivity index (χ4v) is 3.28. The molecule has 7 nitrogen and oxygen atoms in total. The average molecular weight is 399 g/mol. The number of ether oxygens (including phenoxy) is 3. The summed E-state index contributed by atoms with van der Waals surface area (Å²) in [5.74, 6) is 1.68. The van der Waals surface area contributed by atoms with Crippen molar-refractivity contribution in [1.82, 2.24) is 10.2 Å². The van der Waals surface area contributed by atoms with Gasteiger partial charge in [-0.3, -0.25) is 10.1 Å². The van der Waals surface area contributed by atoms with Gasteiger partial charge in [-0.1, -0.05) is 35.6 Å². The molecule has 1 unspecified atom stereocenters. The molecule has 146 valence electrons. The van der Waals surface area contributed by atoms with Crippen LogP contribution in [0.15, 0.2) is 48.5 Å². The number of nitrogens with one attached hydrogen (secondary N) is 1. The first-order valence-electron chi connectivity index (χ1n) is 8.65. The SMILES string of the molecule is COc1ccc(Cc2nnc(NC(=O)C(C)Oc3ccccc3)s2)cc1OC. The van der Waals surface area contributed by atoms with E-state index in [1.165, 1.54) is 11.3 Å². The highest BCUT2D eigenvalue weighted by molar-refractivity contribution is 7.15. The number of aromatic nitrogens is 2. The van der Waals surface area contributed by atoms with E-state index < -0.39 is 6.10 Å². The Morgan fingerprint density at radius 3 is 2.54 bits per heavy atom. The van der Waals surface area contributed by atoms with Crippen molar-refractivity contribution in [2.75, 3.05) is 19.5 Å². The van der Waals surface area contributed by atoms with Gasteiger partial charge in [-0.2, -0.15) is 0 Å². The molecule has 3 aromatic rings. The van der Waals surface area contributed by atoms with Gasteiger partial charge >= 0.3 is 0 Å². The zero-order chi connectivity index (χ0) is 19.9. The van der Waals surface area contributed by atoms with Gasteiger partial charge in [-0.05, 0) is 36.8 Å². The molecule has 8 heteroatoms. The van der Waals surface area contributed by atoms with E-state index in [9.17, 15) is 4.79 Å². The molecule has 1 heterocycles. The fourth-order valence-electron chi connectivity index (χ4n) is 2.50. The smallest absolute Gasteiger partial charge is 0.266 e. The van der Waals surface area contributed by atoms with Crippen LogP contribution in [0.2, 0.25) is 0 Å². The predicted octanol–water partition coefficient (Wildman–Crippen LogP) is 3.55. The zero-order valence-corrected chi connectivity index (χ0v) is 16.7. The summed E-state index contributed by atoms with van der Waals surface area (Å²) in [4.78, 5) is 12.3. The number of hydrogen-bond donors (Lipinski definition) is 1. The lowest BCUT2D eigenvalue weighted by Crippen LogP contribution is -2.30. The maximum atomic E-state index is 12.3. The van der Waals surface area contributed by atoms with Gasteiger partial charge in [0.05, 0.1) is 14.2 Å². The van der Waals surface area contributed by atoms with Crippen LogP contribution in [-0.4, -0.2) is 36.4 Å². The third-order valence-electron chi connectivity index (χ3n) is 3.93. The monoisotopic (exact) mass is 399 g/mol. The van der Waals surface area contributed by atoms with Crippen molar-refractivity contribution in [1.29, 1.82) is 0 Å². The lowest BCUT2D eigenvalue weighted by atomic mass is 10.1. The van der Waals surface area contributed by atoms with Crippen LogP contribution in [0.1, 0.15) is 17.5 Å². The molecule has 28 heavy (non-hydrogen) atoms. The molecular weight excluding hydrogens is 378 g/mol. The molecular formula is C20H21N3O4S. The second kappa shape index (κ2) is 9.18. The number of nitrogens with zero attached hydrogens (tertiary/aromatic N) is 2. The van der Waals surface area contributed by atoms with Crippen LogP contribution in [0.5, 0.6) is 17.2 Å². The van der Waals surface area contributed by atoms with Crippen molar-refractivity contribution < 1.29 is 19.0 Å². The second-order valence-corrected chi connectivity index (χ2v) is 6.99. The van der Waals surface area contributed by atoms with E-state index in [0.717, 1.165) is 10.6 Å². The molecule has 2 aromatic carbocycles. The first-order chi connectivity index (χ1) is 13.6. The van der Waals surface area contributed by atoms with Crippen LogP contribution in [0.3, 0.4) is 0 Å². The standard InChI is InChI=1S/C20H21N3O4S/c1-13(27-15-7-5-4-6-8-15)19(24)21-20-23-22-18(28-20)12-14-9-10-16(25-2)17(11-14)26-3/h4-11,13H,12H2,1-3H3,(H,21,23,24). The summed E-state index contributed by atoms with van der Waals surface area (Å²) in [6.07, 6.45) is -0.0788. The van der Waals surface area contributed by atoms with E-state index in [1.807, 2.05) is 36.4 Å². The number of para-hydroxylation sites is 1. The maximum Gasteiger partial charge on any atom is 0.266 e. The largest absolute Gasteiger partial charge is 0.493 e. The van der Waals surface area contributed by atoms with E-state index in [2.05, 4.69) is 15.5 Å². The van der Waals surface area contributed by atoms with Gasteiger partial charge in [0.1, 0.15) is 10.8 Å². The third-order valence-corrected chi connectivity index (χ3v) is 4.76. The van der Waals surface area contributed by atoms with Crippen LogP contribution < -0.4 is 19.5 Å². The lowest BCUT2D eigenvalue weighted by molar-refractivity contribution is -0.122. The Hall–Kier alpha value is -3.13. The molecule has 1 N–H and O–H groups in total. The van der Waals surface area contributed by atoms with E-state index in [1.54, 1.807) is 33.3 Å². The molecule has 0 aliphatic heterocycles. The number of anilines is 1. The number of benzene rings is 2. The van der Waals surface area contributed by atoms with Gasteiger partial charge < -0.3 is 14.2 Å². The molecule has 1 amide bonds. The van der Waals surface area contributed by atoms with Gasteiger partial charge in [-0.25, -0.2) is 0 Å². The molecule has 0 spiro atoms. The van der Waals surface area contributed by atoms with Crippen LogP contribution >= 0.6 is 11.3 Å². The minimum absolute atomic E-state index is 0.280. The molecule has 0 aliphatic carbocycles. The second-order valence-electron chi connectivity index (χ2n) is 5.93. The van der Waals surface area contributed by atoms with E-state index in [4.69, 9.17) is 14.2 Å². The Balaban J connectivity index is 1.60. The zero-order valence-electron chi connectivity index (χ0n) is 15.8. The maximum absolute atomic E-state index is 12.3. The normalized spacial score (nSPS) is 11.5. The van der Waals surface area contributed by atoms with Gasteiger partial charge in [0.15, 0.2) is 17.6 Å². The molecule has 0 bridgehead atoms. The number of rotatable bonds is 8. The Bertz CT molecular complexity index is 930. The van der Waals surface area contributed by atoms with Crippen LogP contribution in [0.25, 0.3) is 0 Å². The van der Waals surface area contributed by atoms with Crippen LogP contribution in [0, 0.1) is 0 Å². The van der Waals surface area contributed by atoms with Gasteiger partial charge in [0, 0.05) is 6.42 Å². The van der Waals surface area contributed by atoms with Crippen molar-refractivity contribution in [2.45, 2.75) is 19.4 Å². The summed E-state index contributed by atoms with van der Waals surface area (Å²) in [6, 6.07) is 14.9. The van der Waals surface area contributed by atoms with Crippen molar-refractivity contribution in [3.63, 3.8) is 0 Å². The first-order valence-corrected chi connectivity index (χ1v) is 9.46. The van der Waals surface area contributed by atoms with Crippen molar-refractivity contribution in [3.05, 3.63) is 59.1 Å². The average Bonchev–Trinajstić information content (AvgIpc) is 3.15. The van der Waals surface area contributed by atoms with Gasteiger partial charge in [-0.15, -0.1) is 10.2 Å². The number of carbonyl (C=O) groups excluding carboxylic acids is 1. The van der Waals surface area contributed by atoms with Gasteiger partial charge in [0.25, 0.3) is 5.91 Å². The topological polar surface area (TPSA) is 82.6 Å². The van der Waals surface area contributed by atoms with Crippen molar-refractivity contribution in [2.24, 2.45) is 0 Å². The van der Waals surface area contributed by atoms with Crippen LogP contribution in [0.4, 0.5) is 5.13 Å². The number of carbonyl (C=O) groups is 1. The lowest BCUT2D eigenvalue weighted by Gasteiger charge is -2.13. The molecule has 1 aromatic heterocycles. The molecule has 0 saturated carbocycles. The van der Waals surface area contributed by atoms with Crippen LogP contribution in [-0.2, 0) is 11.2 Å². The molecule has 3 rings (SSSR count). The van der Waals surface area contributed by atoms with Crippen molar-refractivity contribution in [3.8, 4) is 17.2 Å². The summed E-state index contributed by atoms with van der Waals surface area (Å²) >= 11 is 1.32. The van der Waals surface area contributed by atoms with E-state index in [0.29, 0.717) is 28.8 Å². The summed E-state index contributed by atoms with van der Waals surface area (Å²) in [7, 11) is 3.19. The fraction of sp³-hybridized carbons (Fsp3) is 0.250. The molecule has 0 aliphatic rings. The molecule has 0 radical (unpaired) electrons. The minimum atomic E-state index is -0.652. The Labute approximate surface area is 167 Å². The highest BCUT2D eigenvalue weighted by Crippen LogP contribution is 2.29. The summed E-state index contributed by atoms with van der Waals surface area (Å²) in [5, 5.41) is 12.1. The molecule has 0 saturated heterocycles.